The van der Waals surface area contributed by atoms with E-state index in [1.165, 1.54) is 0 Å². The van der Waals surface area contributed by atoms with Gasteiger partial charge >= 0.3 is 11.9 Å². The Morgan fingerprint density at radius 2 is 1.64 bits per heavy atom. The van der Waals surface area contributed by atoms with Crippen LogP contribution in [0.3, 0.4) is 0 Å². The maximum atomic E-state index is 9.88. The molecular formula is C7H12O7. The normalized spacial score (nSPS) is 56.1. The zero-order valence-corrected chi connectivity index (χ0v) is 7.47. The molecule has 3 unspecified atom stereocenters. The van der Waals surface area contributed by atoms with Crippen LogP contribution in [0.1, 0.15) is 13.3 Å². The van der Waals surface area contributed by atoms with Gasteiger partial charge in [0.15, 0.2) is 11.2 Å². The summed E-state index contributed by atoms with van der Waals surface area (Å²) in [4.78, 5) is 0. The van der Waals surface area contributed by atoms with E-state index < -0.39 is 23.1 Å². The molecule has 0 aromatic carbocycles. The van der Waals surface area contributed by atoms with Gasteiger partial charge in [0.2, 0.25) is 0 Å². The molecule has 14 heavy (non-hydrogen) atoms. The fourth-order valence-corrected chi connectivity index (χ4v) is 1.84. The van der Waals surface area contributed by atoms with Crippen molar-refractivity contribution in [1.29, 1.82) is 0 Å². The van der Waals surface area contributed by atoms with E-state index in [0.29, 0.717) is 0 Å². The van der Waals surface area contributed by atoms with Gasteiger partial charge in [0.1, 0.15) is 0 Å². The summed E-state index contributed by atoms with van der Waals surface area (Å²) >= 11 is 0. The van der Waals surface area contributed by atoms with E-state index in [1.807, 2.05) is 0 Å². The van der Waals surface area contributed by atoms with Gasteiger partial charge in [0.25, 0.3) is 0 Å². The van der Waals surface area contributed by atoms with Gasteiger partial charge in [0.05, 0.1) is 6.61 Å². The first-order valence-electron chi connectivity index (χ1n) is 4.12. The third kappa shape index (κ3) is 0.812. The average Bonchev–Trinajstić information content (AvgIpc) is 2.31. The number of hydrogen-bond acceptors (Lipinski definition) is 7. The van der Waals surface area contributed by atoms with Crippen LogP contribution in [0.5, 0.6) is 0 Å². The molecule has 0 bridgehead atoms. The molecule has 2 aliphatic rings. The quantitative estimate of drug-likeness (QED) is 0.273. The summed E-state index contributed by atoms with van der Waals surface area (Å²) in [5.41, 5.74) is -4.70. The van der Waals surface area contributed by atoms with Crippen LogP contribution >= 0.6 is 0 Å². The van der Waals surface area contributed by atoms with Crippen LogP contribution in [-0.2, 0) is 9.47 Å². The Labute approximate surface area is 79.1 Å². The predicted octanol–water partition coefficient (Wildman–Crippen LogP) is -2.80. The second-order valence-electron chi connectivity index (χ2n) is 3.82. The van der Waals surface area contributed by atoms with E-state index >= 15 is 0 Å². The fraction of sp³-hybridized carbons (Fsp3) is 1.00. The second kappa shape index (κ2) is 2.27. The maximum Gasteiger partial charge on any atom is 0.318 e. The molecule has 2 heterocycles. The minimum Gasteiger partial charge on any atom is -0.379 e. The Balaban J connectivity index is 2.52. The molecule has 2 rings (SSSR count). The Kier molecular flexibility index (Phi) is 1.66. The molecule has 0 aromatic heterocycles. The van der Waals surface area contributed by atoms with Gasteiger partial charge in [-0.15, -0.1) is 0 Å². The highest BCUT2D eigenvalue weighted by atomic mass is 16.9. The molecule has 82 valence electrons. The van der Waals surface area contributed by atoms with E-state index in [2.05, 4.69) is 9.47 Å². The third-order valence-corrected chi connectivity index (χ3v) is 3.00. The van der Waals surface area contributed by atoms with Crippen molar-refractivity contribution in [2.24, 2.45) is 0 Å². The summed E-state index contributed by atoms with van der Waals surface area (Å²) in [6, 6.07) is 0. The van der Waals surface area contributed by atoms with Crippen molar-refractivity contribution in [3.63, 3.8) is 0 Å². The molecule has 0 aliphatic carbocycles. The minimum absolute atomic E-state index is 0.0563. The molecule has 0 spiro atoms. The third-order valence-electron chi connectivity index (χ3n) is 3.00. The smallest absolute Gasteiger partial charge is 0.318 e. The van der Waals surface area contributed by atoms with Crippen LogP contribution in [0.2, 0.25) is 0 Å². The highest BCUT2D eigenvalue weighted by molar-refractivity contribution is 5.14. The lowest BCUT2D eigenvalue weighted by molar-refractivity contribution is -0.455. The summed E-state index contributed by atoms with van der Waals surface area (Å²) < 4.78 is 8.96. The SMILES string of the molecule is CC1(O)C(O)(O)OC2(O)OCCC21O. The van der Waals surface area contributed by atoms with Gasteiger partial charge in [-0.1, -0.05) is 0 Å². The molecule has 7 nitrogen and oxygen atoms in total. The largest absolute Gasteiger partial charge is 0.379 e. The maximum absolute atomic E-state index is 9.88. The highest BCUT2D eigenvalue weighted by Crippen LogP contribution is 2.54. The molecule has 2 aliphatic heterocycles. The highest BCUT2D eigenvalue weighted by Gasteiger charge is 2.80. The Bertz CT molecular complexity index is 275. The summed E-state index contributed by atoms with van der Waals surface area (Å²) in [6.45, 7) is 0.888. The first-order valence-corrected chi connectivity index (χ1v) is 4.12. The summed E-state index contributed by atoms with van der Waals surface area (Å²) in [6.07, 6.45) is -0.167. The zero-order valence-electron chi connectivity index (χ0n) is 7.47. The van der Waals surface area contributed by atoms with Crippen molar-refractivity contribution in [2.75, 3.05) is 6.61 Å². The first-order chi connectivity index (χ1) is 6.16. The van der Waals surface area contributed by atoms with Crippen LogP contribution in [-0.4, -0.2) is 55.3 Å². The lowest BCUT2D eigenvalue weighted by Crippen LogP contribution is -2.63. The Morgan fingerprint density at radius 1 is 1.07 bits per heavy atom. The second-order valence-corrected chi connectivity index (χ2v) is 3.82. The van der Waals surface area contributed by atoms with Gasteiger partial charge in [-0.3, -0.25) is 4.74 Å². The van der Waals surface area contributed by atoms with Crippen LogP contribution in [0, 0.1) is 0 Å². The minimum atomic E-state index is -3.06. The Hall–Kier alpha value is -0.280. The van der Waals surface area contributed by atoms with Crippen molar-refractivity contribution in [3.05, 3.63) is 0 Å². The van der Waals surface area contributed by atoms with Gasteiger partial charge in [-0.05, 0) is 6.92 Å². The van der Waals surface area contributed by atoms with E-state index in [4.69, 9.17) is 0 Å². The number of aliphatic hydroxyl groups is 5. The van der Waals surface area contributed by atoms with Crippen molar-refractivity contribution in [2.45, 2.75) is 36.5 Å². The fourth-order valence-electron chi connectivity index (χ4n) is 1.84. The van der Waals surface area contributed by atoms with Gasteiger partial charge in [-0.25, -0.2) is 0 Å². The molecule has 5 N–H and O–H groups in total. The Morgan fingerprint density at radius 3 is 2.14 bits per heavy atom. The molecule has 0 radical (unpaired) electrons. The van der Waals surface area contributed by atoms with Gasteiger partial charge in [0, 0.05) is 6.42 Å². The molecule has 2 saturated heterocycles. The van der Waals surface area contributed by atoms with Crippen LogP contribution in [0.4, 0.5) is 0 Å². The topological polar surface area (TPSA) is 120 Å². The molecule has 0 aromatic rings. The van der Waals surface area contributed by atoms with Crippen LogP contribution in [0.25, 0.3) is 0 Å². The van der Waals surface area contributed by atoms with Crippen molar-refractivity contribution in [1.82, 2.24) is 0 Å². The van der Waals surface area contributed by atoms with Gasteiger partial charge in [-0.2, -0.15) is 0 Å². The molecule has 2 fully saturated rings. The molecule has 3 atom stereocenters. The monoisotopic (exact) mass is 208 g/mol. The molecule has 7 heteroatoms. The summed E-state index contributed by atoms with van der Waals surface area (Å²) in [5.74, 6) is -5.64. The van der Waals surface area contributed by atoms with E-state index in [1.54, 1.807) is 0 Å². The number of hydrogen-bond donors (Lipinski definition) is 5. The molecule has 0 saturated carbocycles. The van der Waals surface area contributed by atoms with Crippen LogP contribution in [0.15, 0.2) is 0 Å². The lowest BCUT2D eigenvalue weighted by atomic mass is 9.82. The average molecular weight is 208 g/mol. The number of fused-ring (bicyclic) bond motifs is 1. The first kappa shape index (κ1) is 10.2. The van der Waals surface area contributed by atoms with Crippen LogP contribution < -0.4 is 0 Å². The number of ether oxygens (including phenoxy) is 2. The predicted molar refractivity (Wildman–Crippen MR) is 39.3 cm³/mol. The van der Waals surface area contributed by atoms with Crippen molar-refractivity contribution < 1.29 is 35.0 Å². The number of rotatable bonds is 0. The van der Waals surface area contributed by atoms with Gasteiger partial charge < -0.3 is 30.3 Å². The molecular weight excluding hydrogens is 196 g/mol. The summed E-state index contributed by atoms with van der Waals surface area (Å²) in [7, 11) is 0. The van der Waals surface area contributed by atoms with E-state index in [-0.39, 0.29) is 13.0 Å². The van der Waals surface area contributed by atoms with E-state index in [9.17, 15) is 25.5 Å². The summed E-state index contributed by atoms with van der Waals surface area (Å²) in [5, 5.41) is 47.7. The standard InChI is InChI=1S/C7H12O7/c1-4(8)5(9)2-3-13-7(5,12)14-6(4,10)11/h8-12H,2-3H2,1H3. The molecule has 0 amide bonds. The van der Waals surface area contributed by atoms with Crippen molar-refractivity contribution >= 4 is 0 Å². The zero-order chi connectivity index (χ0) is 10.8. The lowest BCUT2D eigenvalue weighted by Gasteiger charge is -2.35. The van der Waals surface area contributed by atoms with Crippen molar-refractivity contribution in [3.8, 4) is 0 Å². The van der Waals surface area contributed by atoms with E-state index in [0.717, 1.165) is 6.92 Å².